The molecule has 0 radical (unpaired) electrons. The van der Waals surface area contributed by atoms with Gasteiger partial charge in [-0.25, -0.2) is 0 Å². The van der Waals surface area contributed by atoms with Crippen molar-refractivity contribution >= 4 is 23.9 Å². The molecule has 126 valence electrons. The molecule has 0 fully saturated rings. The van der Waals surface area contributed by atoms with E-state index in [9.17, 15) is 47.0 Å². The number of ether oxygens (including phenoxy) is 2. The van der Waals surface area contributed by atoms with E-state index in [2.05, 4.69) is 9.47 Å². The van der Waals surface area contributed by atoms with Crippen LogP contribution in [-0.2, 0) is 28.7 Å². The monoisotopic (exact) mass is 332 g/mol. The van der Waals surface area contributed by atoms with Gasteiger partial charge < -0.3 is 29.3 Å². The van der Waals surface area contributed by atoms with Gasteiger partial charge in [0.25, 0.3) is 0 Å². The van der Waals surface area contributed by atoms with Crippen molar-refractivity contribution in [2.75, 3.05) is 13.2 Å². The molecule has 0 heterocycles. The molecule has 0 N–H and O–H groups in total. The smallest absolute Gasteiger partial charge is 0.320 e. The van der Waals surface area contributed by atoms with Crippen LogP contribution in [0.2, 0.25) is 0 Å². The van der Waals surface area contributed by atoms with Gasteiger partial charge in [0.15, 0.2) is 13.2 Å². The Labute approximate surface area is 119 Å². The number of carbonyl (C=O) groups is 4. The lowest BCUT2D eigenvalue weighted by atomic mass is 10.3. The minimum atomic E-state index is -4.42. The predicted octanol–water partition coefficient (Wildman–Crippen LogP) is -2.38. The molecule has 0 atom stereocenters. The summed E-state index contributed by atoms with van der Waals surface area (Å²) in [5.41, 5.74) is 0. The minimum absolute atomic E-state index is 0.876. The maximum Gasteiger partial charge on any atom is 0.320 e. The molecule has 8 nitrogen and oxygen atoms in total. The van der Waals surface area contributed by atoms with Crippen molar-refractivity contribution in [2.24, 2.45) is 0 Å². The summed E-state index contributed by atoms with van der Waals surface area (Å²) in [5, 5.41) is 19.8. The highest BCUT2D eigenvalue weighted by molar-refractivity contribution is 5.79. The Balaban J connectivity index is 4.09. The molecule has 0 unspecified atom stereocenters. The molecule has 0 aromatic heterocycles. The van der Waals surface area contributed by atoms with Gasteiger partial charge in [0.1, 0.15) is 11.9 Å². The molecule has 22 heavy (non-hydrogen) atoms. The van der Waals surface area contributed by atoms with Crippen molar-refractivity contribution in [2.45, 2.75) is 24.7 Å². The lowest BCUT2D eigenvalue weighted by Gasteiger charge is -2.17. The van der Waals surface area contributed by atoms with Crippen molar-refractivity contribution in [3.8, 4) is 0 Å². The molecule has 0 aromatic carbocycles. The van der Waals surface area contributed by atoms with Gasteiger partial charge in [-0.05, 0) is 0 Å². The number of rotatable bonds is 9. The third kappa shape index (κ3) is 6.85. The molecule has 0 aliphatic carbocycles. The Morgan fingerprint density at radius 2 is 1.00 bits per heavy atom. The van der Waals surface area contributed by atoms with Gasteiger partial charge in [-0.1, -0.05) is 0 Å². The number of aliphatic carboxylic acids is 2. The van der Waals surface area contributed by atoms with Crippen LogP contribution in [-0.4, -0.2) is 48.9 Å². The van der Waals surface area contributed by atoms with E-state index in [-0.39, 0.29) is 0 Å². The van der Waals surface area contributed by atoms with Crippen molar-refractivity contribution in [3.63, 3.8) is 0 Å². The summed E-state index contributed by atoms with van der Waals surface area (Å²) in [4.78, 5) is 41.6. The van der Waals surface area contributed by atoms with Gasteiger partial charge in [-0.15, -0.1) is 0 Å². The standard InChI is InChI=1S/C10H10F4O8/c11-9(12,7(17)18)3-21-5(15)1-2-6(16)22-4-10(13,14)8(19)20/h1-4H2,(H,17,18)(H,19,20)/p-2. The van der Waals surface area contributed by atoms with Crippen molar-refractivity contribution in [1.82, 2.24) is 0 Å². The number of carbonyl (C=O) groups excluding carboxylic acids is 4. The first-order valence-corrected chi connectivity index (χ1v) is 5.38. The number of halogens is 4. The zero-order valence-electron chi connectivity index (χ0n) is 10.6. The summed E-state index contributed by atoms with van der Waals surface area (Å²) in [6, 6.07) is 0. The second kappa shape index (κ2) is 7.56. The zero-order chi connectivity index (χ0) is 17.6. The third-order valence-electron chi connectivity index (χ3n) is 1.96. The maximum atomic E-state index is 12.5. The van der Waals surface area contributed by atoms with Gasteiger partial charge in [-0.2, -0.15) is 17.6 Å². The molecule has 0 aliphatic rings. The molecule has 0 aliphatic heterocycles. The average Bonchev–Trinajstić information content (AvgIpc) is 2.40. The fourth-order valence-electron chi connectivity index (χ4n) is 0.809. The highest BCUT2D eigenvalue weighted by Gasteiger charge is 2.34. The minimum Gasteiger partial charge on any atom is -0.544 e. The fraction of sp³-hybridized carbons (Fsp3) is 0.600. The van der Waals surface area contributed by atoms with Crippen LogP contribution >= 0.6 is 0 Å². The Morgan fingerprint density at radius 1 is 0.727 bits per heavy atom. The van der Waals surface area contributed by atoms with Crippen LogP contribution in [0.3, 0.4) is 0 Å². The molecule has 0 spiro atoms. The number of alkyl halides is 4. The lowest BCUT2D eigenvalue weighted by Crippen LogP contribution is -2.45. The number of hydrogen-bond donors (Lipinski definition) is 0. The van der Waals surface area contributed by atoms with Gasteiger partial charge in [0.05, 0.1) is 12.8 Å². The van der Waals surface area contributed by atoms with E-state index in [0.29, 0.717) is 0 Å². The van der Waals surface area contributed by atoms with E-state index < -0.39 is 61.8 Å². The molecule has 0 bridgehead atoms. The second-order valence-electron chi connectivity index (χ2n) is 3.81. The van der Waals surface area contributed by atoms with E-state index in [4.69, 9.17) is 0 Å². The first kappa shape index (κ1) is 19.6. The number of hydrogen-bond acceptors (Lipinski definition) is 8. The highest BCUT2D eigenvalue weighted by atomic mass is 19.3. The molecule has 0 aromatic rings. The van der Waals surface area contributed by atoms with E-state index in [1.165, 1.54) is 0 Å². The Bertz CT molecular complexity index is 420. The fourth-order valence-corrected chi connectivity index (χ4v) is 0.809. The van der Waals surface area contributed by atoms with E-state index in [0.717, 1.165) is 0 Å². The van der Waals surface area contributed by atoms with E-state index in [1.807, 2.05) is 0 Å². The van der Waals surface area contributed by atoms with Crippen LogP contribution in [0.4, 0.5) is 17.6 Å². The first-order valence-electron chi connectivity index (χ1n) is 5.38. The summed E-state index contributed by atoms with van der Waals surface area (Å²) in [6.45, 7) is -3.65. The van der Waals surface area contributed by atoms with Crippen LogP contribution < -0.4 is 10.2 Å². The Kier molecular flexibility index (Phi) is 6.74. The van der Waals surface area contributed by atoms with Crippen LogP contribution in [0.1, 0.15) is 12.8 Å². The second-order valence-corrected chi connectivity index (χ2v) is 3.81. The first-order chi connectivity index (χ1) is 9.88. The lowest BCUT2D eigenvalue weighted by molar-refractivity contribution is -0.332. The Morgan fingerprint density at radius 3 is 1.23 bits per heavy atom. The zero-order valence-corrected chi connectivity index (χ0v) is 10.6. The van der Waals surface area contributed by atoms with Gasteiger partial charge in [0, 0.05) is 0 Å². The summed E-state index contributed by atoms with van der Waals surface area (Å²) in [7, 11) is 0. The largest absolute Gasteiger partial charge is 0.544 e. The van der Waals surface area contributed by atoms with Crippen LogP contribution in [0.5, 0.6) is 0 Å². The van der Waals surface area contributed by atoms with Gasteiger partial charge >= 0.3 is 23.8 Å². The van der Waals surface area contributed by atoms with Crippen molar-refractivity contribution in [1.29, 1.82) is 0 Å². The third-order valence-corrected chi connectivity index (χ3v) is 1.96. The summed E-state index contributed by atoms with van der Waals surface area (Å²) in [5.74, 6) is -17.2. The van der Waals surface area contributed by atoms with E-state index in [1.54, 1.807) is 0 Å². The Hall–Kier alpha value is -2.40. The van der Waals surface area contributed by atoms with Gasteiger partial charge in [-0.3, -0.25) is 9.59 Å². The maximum absolute atomic E-state index is 12.5. The summed E-state index contributed by atoms with van der Waals surface area (Å²) < 4.78 is 57.5. The van der Waals surface area contributed by atoms with Crippen molar-refractivity contribution in [3.05, 3.63) is 0 Å². The number of carboxylic acid groups (broad SMARTS) is 2. The molecule has 0 saturated heterocycles. The van der Waals surface area contributed by atoms with E-state index >= 15 is 0 Å². The van der Waals surface area contributed by atoms with Crippen LogP contribution in [0.15, 0.2) is 0 Å². The topological polar surface area (TPSA) is 133 Å². The quantitative estimate of drug-likeness (QED) is 0.338. The van der Waals surface area contributed by atoms with Crippen LogP contribution in [0, 0.1) is 0 Å². The van der Waals surface area contributed by atoms with Crippen LogP contribution in [0.25, 0.3) is 0 Å². The molecular formula is C10H8F4O8-2. The highest BCUT2D eigenvalue weighted by Crippen LogP contribution is 2.14. The summed E-state index contributed by atoms with van der Waals surface area (Å²) >= 11 is 0. The predicted molar refractivity (Wildman–Crippen MR) is 51.1 cm³/mol. The molecular weight excluding hydrogens is 324 g/mol. The molecule has 0 saturated carbocycles. The summed E-state index contributed by atoms with van der Waals surface area (Å²) in [6.07, 6.45) is -1.75. The van der Waals surface area contributed by atoms with Crippen molar-refractivity contribution < 1.29 is 56.4 Å². The van der Waals surface area contributed by atoms with Gasteiger partial charge in [0.2, 0.25) is 0 Å². The molecule has 0 rings (SSSR count). The normalized spacial score (nSPS) is 11.6. The number of carboxylic acids is 2. The molecule has 0 amide bonds. The molecule has 12 heteroatoms. The average molecular weight is 332 g/mol. The SMILES string of the molecule is O=C(CCC(=O)OCC(F)(F)C(=O)[O-])OCC(F)(F)C(=O)[O-]. The number of esters is 2.